The highest BCUT2D eigenvalue weighted by molar-refractivity contribution is 5.84. The summed E-state index contributed by atoms with van der Waals surface area (Å²) in [4.78, 5) is 11.7. The zero-order valence-corrected chi connectivity index (χ0v) is 11.1. The molecule has 2 rings (SSSR count). The van der Waals surface area contributed by atoms with Crippen LogP contribution in [0.5, 0.6) is 5.75 Å². The lowest BCUT2D eigenvalue weighted by Gasteiger charge is -2.22. The molecule has 5 heteroatoms. The van der Waals surface area contributed by atoms with Crippen LogP contribution in [0.3, 0.4) is 0 Å². The fourth-order valence-corrected chi connectivity index (χ4v) is 2.29. The van der Waals surface area contributed by atoms with Crippen molar-refractivity contribution in [2.75, 3.05) is 19.0 Å². The van der Waals surface area contributed by atoms with E-state index in [1.54, 1.807) is 25.3 Å². The summed E-state index contributed by atoms with van der Waals surface area (Å²) in [5.41, 5.74) is 6.42. The van der Waals surface area contributed by atoms with Crippen LogP contribution in [0.15, 0.2) is 24.3 Å². The van der Waals surface area contributed by atoms with Gasteiger partial charge in [0.25, 0.3) is 0 Å². The molecule has 1 amide bonds. The van der Waals surface area contributed by atoms with Gasteiger partial charge in [0.15, 0.2) is 0 Å². The average Bonchev–Trinajstić information content (AvgIpc) is 2.84. The lowest BCUT2D eigenvalue weighted by Crippen LogP contribution is -2.42. The van der Waals surface area contributed by atoms with E-state index in [0.717, 1.165) is 25.7 Å². The van der Waals surface area contributed by atoms with Crippen molar-refractivity contribution in [3.63, 3.8) is 0 Å². The molecule has 3 N–H and O–H groups in total. The molecule has 0 radical (unpaired) electrons. The van der Waals surface area contributed by atoms with E-state index in [4.69, 9.17) is 15.2 Å². The molecule has 0 saturated heterocycles. The second-order valence-electron chi connectivity index (χ2n) is 5.00. The van der Waals surface area contributed by atoms with Crippen molar-refractivity contribution in [3.05, 3.63) is 24.3 Å². The number of hydrogen-bond acceptors (Lipinski definition) is 4. The molecule has 0 unspecified atom stereocenters. The number of benzene rings is 1. The minimum atomic E-state index is -0.482. The summed E-state index contributed by atoms with van der Waals surface area (Å²) in [6, 6.07) is 7.12. The lowest BCUT2D eigenvalue weighted by atomic mass is 10.0. The van der Waals surface area contributed by atoms with E-state index in [-0.39, 0.29) is 12.1 Å². The number of anilines is 1. The van der Waals surface area contributed by atoms with Gasteiger partial charge in [-0.3, -0.25) is 5.32 Å². The SMILES string of the molecule is COc1cccc(NC(=O)OCC2(N)CCCC2)c1. The number of rotatable bonds is 4. The number of nitrogens with two attached hydrogens (primary N) is 1. The van der Waals surface area contributed by atoms with Crippen molar-refractivity contribution < 1.29 is 14.3 Å². The van der Waals surface area contributed by atoms with Crippen LogP contribution < -0.4 is 15.8 Å². The van der Waals surface area contributed by atoms with Crippen molar-refractivity contribution >= 4 is 11.8 Å². The molecular formula is C14H20N2O3. The number of nitrogens with one attached hydrogen (secondary N) is 1. The quantitative estimate of drug-likeness (QED) is 0.876. The maximum Gasteiger partial charge on any atom is 0.411 e. The van der Waals surface area contributed by atoms with Crippen LogP contribution in [0.4, 0.5) is 10.5 Å². The molecule has 0 aliphatic heterocycles. The van der Waals surface area contributed by atoms with Crippen molar-refractivity contribution in [1.29, 1.82) is 0 Å². The molecule has 104 valence electrons. The summed E-state index contributed by atoms with van der Waals surface area (Å²) in [7, 11) is 1.58. The molecule has 0 atom stereocenters. The van der Waals surface area contributed by atoms with Crippen molar-refractivity contribution in [2.24, 2.45) is 5.73 Å². The van der Waals surface area contributed by atoms with Crippen molar-refractivity contribution in [1.82, 2.24) is 0 Å². The zero-order valence-electron chi connectivity index (χ0n) is 11.1. The van der Waals surface area contributed by atoms with E-state index in [1.165, 1.54) is 0 Å². The Balaban J connectivity index is 1.83. The summed E-state index contributed by atoms with van der Waals surface area (Å²) >= 11 is 0. The topological polar surface area (TPSA) is 73.6 Å². The van der Waals surface area contributed by atoms with Crippen LogP contribution in [0.2, 0.25) is 0 Å². The maximum absolute atomic E-state index is 11.7. The molecule has 0 heterocycles. The highest BCUT2D eigenvalue weighted by Gasteiger charge is 2.30. The summed E-state index contributed by atoms with van der Waals surface area (Å²) < 4.78 is 10.3. The lowest BCUT2D eigenvalue weighted by molar-refractivity contribution is 0.130. The highest BCUT2D eigenvalue weighted by atomic mass is 16.5. The van der Waals surface area contributed by atoms with E-state index in [9.17, 15) is 4.79 Å². The van der Waals surface area contributed by atoms with Crippen molar-refractivity contribution in [2.45, 2.75) is 31.2 Å². The number of ether oxygens (including phenoxy) is 2. The first-order valence-electron chi connectivity index (χ1n) is 6.48. The molecule has 1 aromatic carbocycles. The van der Waals surface area contributed by atoms with Gasteiger partial charge in [0.2, 0.25) is 0 Å². The Morgan fingerprint density at radius 2 is 2.16 bits per heavy atom. The Bertz CT molecular complexity index is 442. The third-order valence-electron chi connectivity index (χ3n) is 3.41. The molecule has 5 nitrogen and oxygen atoms in total. The normalized spacial score (nSPS) is 16.9. The van der Waals surface area contributed by atoms with Gasteiger partial charge in [-0.25, -0.2) is 4.79 Å². The van der Waals surface area contributed by atoms with Gasteiger partial charge < -0.3 is 15.2 Å². The fourth-order valence-electron chi connectivity index (χ4n) is 2.29. The summed E-state index contributed by atoms with van der Waals surface area (Å²) in [5.74, 6) is 0.684. The van der Waals surface area contributed by atoms with Gasteiger partial charge in [-0.2, -0.15) is 0 Å². The van der Waals surface area contributed by atoms with Crippen LogP contribution >= 0.6 is 0 Å². The van der Waals surface area contributed by atoms with E-state index < -0.39 is 6.09 Å². The van der Waals surface area contributed by atoms with Gasteiger partial charge in [-0.15, -0.1) is 0 Å². The Morgan fingerprint density at radius 3 is 2.84 bits per heavy atom. The van der Waals surface area contributed by atoms with E-state index in [2.05, 4.69) is 5.32 Å². The second kappa shape index (κ2) is 5.93. The number of amides is 1. The molecule has 0 aromatic heterocycles. The Labute approximate surface area is 113 Å². The summed E-state index contributed by atoms with van der Waals surface area (Å²) in [6.07, 6.45) is 3.57. The molecule has 0 spiro atoms. The first-order chi connectivity index (χ1) is 9.11. The predicted octanol–water partition coefficient (Wildman–Crippen LogP) is 2.52. The zero-order chi connectivity index (χ0) is 13.7. The van der Waals surface area contributed by atoms with E-state index in [0.29, 0.717) is 11.4 Å². The van der Waals surface area contributed by atoms with Crippen LogP contribution in [-0.2, 0) is 4.74 Å². The molecule has 19 heavy (non-hydrogen) atoms. The van der Waals surface area contributed by atoms with Crippen molar-refractivity contribution in [3.8, 4) is 5.75 Å². The number of carbonyl (C=O) groups excluding carboxylic acids is 1. The predicted molar refractivity (Wildman–Crippen MR) is 73.4 cm³/mol. The maximum atomic E-state index is 11.7. The number of carbonyl (C=O) groups is 1. The monoisotopic (exact) mass is 264 g/mol. The first-order valence-corrected chi connectivity index (χ1v) is 6.48. The molecule has 1 fully saturated rings. The van der Waals surface area contributed by atoms with E-state index >= 15 is 0 Å². The smallest absolute Gasteiger partial charge is 0.411 e. The van der Waals surface area contributed by atoms with Gasteiger partial charge in [0, 0.05) is 11.8 Å². The minimum absolute atomic E-state index is 0.267. The Kier molecular flexibility index (Phi) is 4.27. The second-order valence-corrected chi connectivity index (χ2v) is 5.00. The largest absolute Gasteiger partial charge is 0.497 e. The molecular weight excluding hydrogens is 244 g/mol. The van der Waals surface area contributed by atoms with Crippen LogP contribution in [-0.4, -0.2) is 25.3 Å². The number of methoxy groups -OCH3 is 1. The van der Waals surface area contributed by atoms with Gasteiger partial charge in [-0.1, -0.05) is 18.9 Å². The third kappa shape index (κ3) is 3.86. The summed E-state index contributed by atoms with van der Waals surface area (Å²) in [5, 5.41) is 2.66. The standard InChI is InChI=1S/C14H20N2O3/c1-18-12-6-4-5-11(9-12)16-13(17)19-10-14(15)7-2-3-8-14/h4-6,9H,2-3,7-8,10,15H2,1H3,(H,16,17). The van der Waals surface area contributed by atoms with Gasteiger partial charge >= 0.3 is 6.09 Å². The van der Waals surface area contributed by atoms with Crippen LogP contribution in [0.25, 0.3) is 0 Å². The molecule has 1 aliphatic carbocycles. The molecule has 1 saturated carbocycles. The minimum Gasteiger partial charge on any atom is -0.497 e. The Hall–Kier alpha value is -1.75. The molecule has 0 bridgehead atoms. The molecule has 1 aliphatic rings. The van der Waals surface area contributed by atoms with Crippen LogP contribution in [0.1, 0.15) is 25.7 Å². The fraction of sp³-hybridized carbons (Fsp3) is 0.500. The third-order valence-corrected chi connectivity index (χ3v) is 3.41. The average molecular weight is 264 g/mol. The van der Waals surface area contributed by atoms with Gasteiger partial charge in [0.1, 0.15) is 12.4 Å². The highest BCUT2D eigenvalue weighted by Crippen LogP contribution is 2.27. The number of hydrogen-bond donors (Lipinski definition) is 2. The van der Waals surface area contributed by atoms with Gasteiger partial charge in [-0.05, 0) is 25.0 Å². The molecule has 1 aromatic rings. The van der Waals surface area contributed by atoms with Crippen LogP contribution in [0, 0.1) is 0 Å². The Morgan fingerprint density at radius 1 is 1.42 bits per heavy atom. The van der Waals surface area contributed by atoms with E-state index in [1.807, 2.05) is 6.07 Å². The first kappa shape index (κ1) is 13.7. The van der Waals surface area contributed by atoms with Gasteiger partial charge in [0.05, 0.1) is 12.6 Å². The summed E-state index contributed by atoms with van der Waals surface area (Å²) in [6.45, 7) is 0.267.